The van der Waals surface area contributed by atoms with Crippen LogP contribution in [0.2, 0.25) is 0 Å². The van der Waals surface area contributed by atoms with Crippen LogP contribution in [0, 0.1) is 5.92 Å². The normalized spacial score (nSPS) is 19.8. The lowest BCUT2D eigenvalue weighted by atomic mass is 10.0. The molecule has 0 aliphatic carbocycles. The summed E-state index contributed by atoms with van der Waals surface area (Å²) >= 11 is 3.31. The van der Waals surface area contributed by atoms with Crippen LogP contribution in [0.4, 0.5) is 0 Å². The van der Waals surface area contributed by atoms with Crippen LogP contribution >= 0.6 is 15.9 Å². The predicted molar refractivity (Wildman–Crippen MR) is 65.1 cm³/mol. The van der Waals surface area contributed by atoms with Gasteiger partial charge in [-0.05, 0) is 40.4 Å². The van der Waals surface area contributed by atoms with Gasteiger partial charge >= 0.3 is 0 Å². The molecule has 3 heterocycles. The highest BCUT2D eigenvalue weighted by Gasteiger charge is 2.18. The summed E-state index contributed by atoms with van der Waals surface area (Å²) < 4.78 is 8.51. The summed E-state index contributed by atoms with van der Waals surface area (Å²) in [4.78, 5) is 4.63. The summed E-state index contributed by atoms with van der Waals surface area (Å²) in [5.41, 5.74) is 0.940. The van der Waals surface area contributed by atoms with Crippen molar-refractivity contribution in [1.82, 2.24) is 9.55 Å². The molecule has 0 fully saturated rings. The number of imidazole rings is 1. The molecular formula is C12H13BrN2O. The second-order valence-corrected chi connectivity index (χ2v) is 5.22. The molecule has 1 atom stereocenters. The monoisotopic (exact) mass is 280 g/mol. The largest absolute Gasteiger partial charge is 0.448 e. The molecule has 16 heavy (non-hydrogen) atoms. The van der Waals surface area contributed by atoms with Crippen molar-refractivity contribution in [2.24, 2.45) is 5.92 Å². The van der Waals surface area contributed by atoms with E-state index >= 15 is 0 Å². The minimum Gasteiger partial charge on any atom is -0.448 e. The SMILES string of the molecule is CC1CCn2cc(-c3ccc(Br)o3)nc2C1. The molecule has 0 saturated carbocycles. The summed E-state index contributed by atoms with van der Waals surface area (Å²) in [7, 11) is 0. The number of halogens is 1. The van der Waals surface area contributed by atoms with Gasteiger partial charge in [0.1, 0.15) is 11.5 Å². The van der Waals surface area contributed by atoms with E-state index in [1.54, 1.807) is 0 Å². The lowest BCUT2D eigenvalue weighted by Gasteiger charge is -2.18. The predicted octanol–water partition coefficient (Wildman–Crippen LogP) is 3.49. The zero-order chi connectivity index (χ0) is 11.1. The first-order valence-corrected chi connectivity index (χ1v) is 6.33. The van der Waals surface area contributed by atoms with Gasteiger partial charge in [0.15, 0.2) is 10.4 Å². The van der Waals surface area contributed by atoms with Crippen molar-refractivity contribution in [3.8, 4) is 11.5 Å². The maximum absolute atomic E-state index is 5.51. The van der Waals surface area contributed by atoms with Gasteiger partial charge in [0.05, 0.1) is 0 Å². The van der Waals surface area contributed by atoms with E-state index in [-0.39, 0.29) is 0 Å². The van der Waals surface area contributed by atoms with E-state index in [1.165, 1.54) is 12.2 Å². The molecule has 0 bridgehead atoms. The Morgan fingerprint density at radius 1 is 1.50 bits per heavy atom. The molecule has 0 saturated heterocycles. The standard InChI is InChI=1S/C12H13BrN2O/c1-8-4-5-15-7-9(14-12(15)6-8)10-2-3-11(13)16-10/h2-3,7-8H,4-6H2,1H3. The molecule has 3 nitrogen and oxygen atoms in total. The van der Waals surface area contributed by atoms with Gasteiger partial charge in [0, 0.05) is 19.2 Å². The molecule has 3 rings (SSSR count). The van der Waals surface area contributed by atoms with Crippen LogP contribution in [-0.2, 0) is 13.0 Å². The van der Waals surface area contributed by atoms with Gasteiger partial charge < -0.3 is 8.98 Å². The summed E-state index contributed by atoms with van der Waals surface area (Å²) in [6, 6.07) is 3.85. The van der Waals surface area contributed by atoms with Crippen molar-refractivity contribution in [3.05, 3.63) is 28.8 Å². The molecule has 0 amide bonds. The van der Waals surface area contributed by atoms with E-state index in [0.717, 1.165) is 35.0 Å². The minimum atomic E-state index is 0.742. The molecule has 0 N–H and O–H groups in total. The highest BCUT2D eigenvalue weighted by molar-refractivity contribution is 9.10. The second-order valence-electron chi connectivity index (χ2n) is 4.44. The summed E-state index contributed by atoms with van der Waals surface area (Å²) in [5.74, 6) is 2.76. The summed E-state index contributed by atoms with van der Waals surface area (Å²) in [6.07, 6.45) is 4.40. The fourth-order valence-corrected chi connectivity index (χ4v) is 2.46. The highest BCUT2D eigenvalue weighted by atomic mass is 79.9. The zero-order valence-corrected chi connectivity index (χ0v) is 10.7. The van der Waals surface area contributed by atoms with Crippen molar-refractivity contribution in [2.45, 2.75) is 26.3 Å². The molecule has 1 unspecified atom stereocenters. The third kappa shape index (κ3) is 1.71. The van der Waals surface area contributed by atoms with E-state index in [2.05, 4.69) is 38.6 Å². The van der Waals surface area contributed by atoms with Gasteiger partial charge in [-0.25, -0.2) is 4.98 Å². The molecule has 4 heteroatoms. The zero-order valence-electron chi connectivity index (χ0n) is 9.11. The number of hydrogen-bond donors (Lipinski definition) is 0. The van der Waals surface area contributed by atoms with Gasteiger partial charge in [-0.15, -0.1) is 0 Å². The first kappa shape index (κ1) is 10.1. The fourth-order valence-electron chi connectivity index (χ4n) is 2.15. The van der Waals surface area contributed by atoms with E-state index in [9.17, 15) is 0 Å². The van der Waals surface area contributed by atoms with Crippen LogP contribution in [-0.4, -0.2) is 9.55 Å². The van der Waals surface area contributed by atoms with Crippen LogP contribution < -0.4 is 0 Å². The molecular weight excluding hydrogens is 268 g/mol. The van der Waals surface area contributed by atoms with Crippen molar-refractivity contribution >= 4 is 15.9 Å². The number of rotatable bonds is 1. The Hall–Kier alpha value is -1.03. The number of hydrogen-bond acceptors (Lipinski definition) is 2. The Labute approximate surface area is 103 Å². The van der Waals surface area contributed by atoms with E-state index in [4.69, 9.17) is 4.42 Å². The van der Waals surface area contributed by atoms with Crippen LogP contribution in [0.1, 0.15) is 19.2 Å². The first-order chi connectivity index (χ1) is 7.72. The second kappa shape index (κ2) is 3.77. The third-order valence-corrected chi connectivity index (χ3v) is 3.50. The van der Waals surface area contributed by atoms with Gasteiger partial charge in [0.2, 0.25) is 0 Å². The number of aryl methyl sites for hydroxylation is 1. The van der Waals surface area contributed by atoms with Crippen LogP contribution in [0.5, 0.6) is 0 Å². The third-order valence-electron chi connectivity index (χ3n) is 3.08. The first-order valence-electron chi connectivity index (χ1n) is 5.54. The average molecular weight is 281 g/mol. The van der Waals surface area contributed by atoms with Gasteiger partial charge in [0.25, 0.3) is 0 Å². The van der Waals surface area contributed by atoms with Crippen molar-refractivity contribution in [2.75, 3.05) is 0 Å². The van der Waals surface area contributed by atoms with Crippen molar-refractivity contribution < 1.29 is 4.42 Å². The molecule has 2 aromatic rings. The minimum absolute atomic E-state index is 0.742. The fraction of sp³-hybridized carbons (Fsp3) is 0.417. The van der Waals surface area contributed by atoms with E-state index in [1.807, 2.05) is 12.1 Å². The van der Waals surface area contributed by atoms with Crippen LogP contribution in [0.25, 0.3) is 11.5 Å². The Morgan fingerprint density at radius 2 is 2.38 bits per heavy atom. The molecule has 0 radical (unpaired) electrons. The van der Waals surface area contributed by atoms with Gasteiger partial charge in [-0.2, -0.15) is 0 Å². The van der Waals surface area contributed by atoms with Gasteiger partial charge in [-0.1, -0.05) is 6.92 Å². The molecule has 84 valence electrons. The molecule has 1 aliphatic rings. The topological polar surface area (TPSA) is 31.0 Å². The molecule has 0 spiro atoms. The number of fused-ring (bicyclic) bond motifs is 1. The van der Waals surface area contributed by atoms with Crippen LogP contribution in [0.3, 0.4) is 0 Å². The van der Waals surface area contributed by atoms with E-state index in [0.29, 0.717) is 0 Å². The number of furan rings is 1. The lowest BCUT2D eigenvalue weighted by molar-refractivity contribution is 0.409. The smallest absolute Gasteiger partial charge is 0.169 e. The van der Waals surface area contributed by atoms with Gasteiger partial charge in [-0.3, -0.25) is 0 Å². The highest BCUT2D eigenvalue weighted by Crippen LogP contribution is 2.27. The molecule has 0 aromatic carbocycles. The Kier molecular flexibility index (Phi) is 2.39. The number of aromatic nitrogens is 2. The Bertz CT molecular complexity index is 515. The van der Waals surface area contributed by atoms with Crippen molar-refractivity contribution in [1.29, 1.82) is 0 Å². The quantitative estimate of drug-likeness (QED) is 0.801. The lowest BCUT2D eigenvalue weighted by Crippen LogP contribution is -2.16. The summed E-state index contributed by atoms with van der Waals surface area (Å²) in [5, 5.41) is 0. The van der Waals surface area contributed by atoms with Crippen LogP contribution in [0.15, 0.2) is 27.4 Å². The molecule has 2 aromatic heterocycles. The summed E-state index contributed by atoms with van der Waals surface area (Å²) in [6.45, 7) is 3.35. The Morgan fingerprint density at radius 3 is 3.12 bits per heavy atom. The maximum Gasteiger partial charge on any atom is 0.169 e. The average Bonchev–Trinajstić information content (AvgIpc) is 2.83. The molecule has 1 aliphatic heterocycles. The Balaban J connectivity index is 1.98. The maximum atomic E-state index is 5.51. The van der Waals surface area contributed by atoms with E-state index < -0.39 is 0 Å². The van der Waals surface area contributed by atoms with Crippen molar-refractivity contribution in [3.63, 3.8) is 0 Å². The number of nitrogens with zero attached hydrogens (tertiary/aromatic N) is 2.